The predicted molar refractivity (Wildman–Crippen MR) is 117 cm³/mol. The van der Waals surface area contributed by atoms with Crippen molar-refractivity contribution < 1.29 is 17.9 Å². The van der Waals surface area contributed by atoms with Crippen LogP contribution in [0.5, 0.6) is 11.6 Å². The Bertz CT molecular complexity index is 1100. The Labute approximate surface area is 191 Å². The minimum absolute atomic E-state index is 0.134. The van der Waals surface area contributed by atoms with Crippen LogP contribution < -0.4 is 21.1 Å². The van der Waals surface area contributed by atoms with Gasteiger partial charge in [-0.05, 0) is 49.9 Å². The predicted octanol–water partition coefficient (Wildman–Crippen LogP) is 5.31. The van der Waals surface area contributed by atoms with Crippen molar-refractivity contribution in [2.45, 2.75) is 43.9 Å². The Kier molecular flexibility index (Phi) is 5.85. The number of nitrogens with two attached hydrogens (primary N) is 2. The van der Waals surface area contributed by atoms with E-state index in [9.17, 15) is 13.2 Å². The van der Waals surface area contributed by atoms with Gasteiger partial charge < -0.3 is 16.2 Å². The number of aliphatic imine (C=N–C) groups is 2. The van der Waals surface area contributed by atoms with E-state index in [0.29, 0.717) is 11.9 Å². The summed E-state index contributed by atoms with van der Waals surface area (Å²) in [5.74, 6) is 0.304. The van der Waals surface area contributed by atoms with Gasteiger partial charge in [0, 0.05) is 11.9 Å². The van der Waals surface area contributed by atoms with Gasteiger partial charge in [0.2, 0.25) is 17.8 Å². The van der Waals surface area contributed by atoms with Crippen LogP contribution in [-0.2, 0) is 6.18 Å². The van der Waals surface area contributed by atoms with Gasteiger partial charge in [0.05, 0.1) is 10.6 Å². The van der Waals surface area contributed by atoms with E-state index >= 15 is 0 Å². The molecule has 2 aliphatic rings. The second-order valence-electron chi connectivity index (χ2n) is 7.54. The fourth-order valence-electron chi connectivity index (χ4n) is 3.97. The Balaban J connectivity index is 1.63. The molecule has 4 rings (SSSR count). The van der Waals surface area contributed by atoms with Gasteiger partial charge in [-0.15, -0.1) is 0 Å². The first-order chi connectivity index (χ1) is 15.1. The maximum atomic E-state index is 12.8. The average Bonchev–Trinajstić information content (AvgIpc) is 2.70. The first-order valence-corrected chi connectivity index (χ1v) is 10.5. The molecule has 0 unspecified atom stereocenters. The number of anilines is 1. The number of guanidine groups is 2. The molecule has 1 aliphatic heterocycles. The van der Waals surface area contributed by atoms with Crippen LogP contribution in [-0.4, -0.2) is 22.6 Å². The van der Waals surface area contributed by atoms with E-state index in [2.05, 4.69) is 15.0 Å². The van der Waals surface area contributed by atoms with Crippen LogP contribution in [0.3, 0.4) is 0 Å². The zero-order valence-electron chi connectivity index (χ0n) is 16.7. The number of aromatic nitrogens is 1. The summed E-state index contributed by atoms with van der Waals surface area (Å²) >= 11 is 12.3. The molecule has 170 valence electrons. The fourth-order valence-corrected chi connectivity index (χ4v) is 4.38. The van der Waals surface area contributed by atoms with Gasteiger partial charge in [-0.1, -0.05) is 29.6 Å². The second kappa shape index (κ2) is 8.32. The molecule has 0 amide bonds. The number of hydrogen-bond acceptors (Lipinski definition) is 7. The highest BCUT2D eigenvalue weighted by molar-refractivity contribution is 6.33. The number of hydrogen-bond donors (Lipinski definition) is 2. The SMILES string of the molecule is NC1=NC2(CCCCC2)N(c2ccc(Oc3ncc(C(F)(F)F)cc3Cl)c(Cl)c2)C(N)=N1. The van der Waals surface area contributed by atoms with Crippen molar-refractivity contribution >= 4 is 40.8 Å². The monoisotopic (exact) mass is 486 g/mol. The molecule has 1 aromatic heterocycles. The molecule has 4 N–H and O–H groups in total. The third kappa shape index (κ3) is 4.29. The first kappa shape index (κ1) is 22.5. The van der Waals surface area contributed by atoms with Crippen LogP contribution in [0.25, 0.3) is 0 Å². The summed E-state index contributed by atoms with van der Waals surface area (Å²) in [7, 11) is 0. The van der Waals surface area contributed by atoms with Crippen molar-refractivity contribution in [3.63, 3.8) is 0 Å². The van der Waals surface area contributed by atoms with Crippen LogP contribution in [0.4, 0.5) is 18.9 Å². The number of alkyl halides is 3. The Morgan fingerprint density at radius 3 is 2.38 bits per heavy atom. The quantitative estimate of drug-likeness (QED) is 0.611. The number of rotatable bonds is 3. The van der Waals surface area contributed by atoms with Gasteiger partial charge in [0.1, 0.15) is 16.4 Å². The van der Waals surface area contributed by atoms with Crippen LogP contribution in [0.2, 0.25) is 10.0 Å². The molecular formula is C20H19Cl2F3N6O. The van der Waals surface area contributed by atoms with Gasteiger partial charge in [0.25, 0.3) is 0 Å². The minimum Gasteiger partial charge on any atom is -0.436 e. The molecule has 1 aliphatic carbocycles. The molecule has 2 heterocycles. The molecular weight excluding hydrogens is 468 g/mol. The molecule has 0 atom stereocenters. The summed E-state index contributed by atoms with van der Waals surface area (Å²) in [6.07, 6.45) is 0.613. The zero-order chi connectivity index (χ0) is 23.1. The van der Waals surface area contributed by atoms with Gasteiger partial charge in [-0.2, -0.15) is 18.2 Å². The lowest BCUT2D eigenvalue weighted by Gasteiger charge is -2.45. The Hall–Kier alpha value is -2.72. The van der Waals surface area contributed by atoms with Gasteiger partial charge in [0.15, 0.2) is 0 Å². The smallest absolute Gasteiger partial charge is 0.417 e. The lowest BCUT2D eigenvalue weighted by atomic mass is 9.87. The van der Waals surface area contributed by atoms with Crippen molar-refractivity contribution in [3.8, 4) is 11.6 Å². The molecule has 0 radical (unpaired) electrons. The third-order valence-electron chi connectivity index (χ3n) is 5.37. The summed E-state index contributed by atoms with van der Waals surface area (Å²) in [6, 6.07) is 5.62. The lowest BCUT2D eigenvalue weighted by Crippen LogP contribution is -2.58. The standard InChI is InChI=1S/C20H19Cl2F3N6O/c21-13-9-12(31-18(27)29-17(26)30-19(31)6-2-1-3-7-19)4-5-15(13)32-16-14(22)8-11(10-28-16)20(23,24)25/h4-5,8-10H,1-3,6-7H2,(H4,26,27,29,30). The molecule has 1 aromatic carbocycles. The largest absolute Gasteiger partial charge is 0.436 e. The third-order valence-corrected chi connectivity index (χ3v) is 5.93. The molecule has 1 saturated carbocycles. The molecule has 1 fully saturated rings. The normalized spacial score (nSPS) is 18.3. The fraction of sp³-hybridized carbons (Fsp3) is 0.350. The number of benzene rings is 1. The van der Waals surface area contributed by atoms with Crippen molar-refractivity contribution in [2.75, 3.05) is 4.90 Å². The van der Waals surface area contributed by atoms with E-state index in [4.69, 9.17) is 39.4 Å². The van der Waals surface area contributed by atoms with E-state index in [0.717, 1.165) is 38.2 Å². The maximum absolute atomic E-state index is 12.8. The van der Waals surface area contributed by atoms with Crippen LogP contribution in [0.15, 0.2) is 40.4 Å². The summed E-state index contributed by atoms with van der Waals surface area (Å²) in [5.41, 5.74) is 11.1. The van der Waals surface area contributed by atoms with E-state index in [1.54, 1.807) is 18.2 Å². The second-order valence-corrected chi connectivity index (χ2v) is 8.36. The molecule has 1 spiro atoms. The zero-order valence-corrected chi connectivity index (χ0v) is 18.2. The number of nitrogens with zero attached hydrogens (tertiary/aromatic N) is 4. The lowest BCUT2D eigenvalue weighted by molar-refractivity contribution is -0.137. The average molecular weight is 487 g/mol. The Morgan fingerprint density at radius 1 is 1.03 bits per heavy atom. The molecule has 7 nitrogen and oxygen atoms in total. The molecule has 0 bridgehead atoms. The number of pyridine rings is 1. The van der Waals surface area contributed by atoms with Crippen LogP contribution in [0.1, 0.15) is 37.7 Å². The molecule has 0 saturated heterocycles. The molecule has 2 aromatic rings. The van der Waals surface area contributed by atoms with Gasteiger partial charge in [-0.25, -0.2) is 9.98 Å². The van der Waals surface area contributed by atoms with Crippen LogP contribution >= 0.6 is 23.2 Å². The summed E-state index contributed by atoms with van der Waals surface area (Å²) in [6.45, 7) is 0. The first-order valence-electron chi connectivity index (χ1n) is 9.79. The summed E-state index contributed by atoms with van der Waals surface area (Å²) in [5, 5.41) is -0.111. The van der Waals surface area contributed by atoms with Crippen molar-refractivity contribution in [1.82, 2.24) is 4.98 Å². The Morgan fingerprint density at radius 2 is 1.75 bits per heavy atom. The van der Waals surface area contributed by atoms with E-state index in [1.165, 1.54) is 0 Å². The topological polar surface area (TPSA) is 102 Å². The maximum Gasteiger partial charge on any atom is 0.417 e. The van der Waals surface area contributed by atoms with E-state index < -0.39 is 17.4 Å². The highest BCUT2D eigenvalue weighted by atomic mass is 35.5. The minimum atomic E-state index is -4.56. The highest BCUT2D eigenvalue weighted by Gasteiger charge is 2.42. The number of ether oxygens (including phenoxy) is 1. The number of halogens is 5. The van der Waals surface area contributed by atoms with Crippen LogP contribution in [0, 0.1) is 0 Å². The summed E-state index contributed by atoms with van der Waals surface area (Å²) < 4.78 is 44.0. The van der Waals surface area contributed by atoms with Gasteiger partial charge in [-0.3, -0.25) is 4.90 Å². The molecule has 32 heavy (non-hydrogen) atoms. The van der Waals surface area contributed by atoms with Crippen molar-refractivity contribution in [1.29, 1.82) is 0 Å². The molecule has 12 heteroatoms. The van der Waals surface area contributed by atoms with Gasteiger partial charge >= 0.3 is 6.18 Å². The van der Waals surface area contributed by atoms with E-state index in [-0.39, 0.29) is 33.6 Å². The highest BCUT2D eigenvalue weighted by Crippen LogP contribution is 2.42. The summed E-state index contributed by atoms with van der Waals surface area (Å²) in [4.78, 5) is 14.2. The van der Waals surface area contributed by atoms with E-state index in [1.807, 2.05) is 4.90 Å². The van der Waals surface area contributed by atoms with Crippen molar-refractivity contribution in [3.05, 3.63) is 46.1 Å². The van der Waals surface area contributed by atoms with Crippen molar-refractivity contribution in [2.24, 2.45) is 21.5 Å².